The fraction of sp³-hybridized carbons (Fsp3) is 0.474. The minimum Gasteiger partial charge on any atom is -0.338 e. The molecule has 6 heteroatoms. The van der Waals surface area contributed by atoms with Gasteiger partial charge in [-0.15, -0.1) is 0 Å². The van der Waals surface area contributed by atoms with Gasteiger partial charge in [-0.2, -0.15) is 5.10 Å². The molecule has 0 spiro atoms. The molecule has 1 unspecified atom stereocenters. The zero-order chi connectivity index (χ0) is 18.4. The molecule has 1 fully saturated rings. The second-order valence-corrected chi connectivity index (χ2v) is 7.93. The van der Waals surface area contributed by atoms with Crippen molar-refractivity contribution in [2.75, 3.05) is 13.1 Å². The van der Waals surface area contributed by atoms with Crippen LogP contribution in [-0.4, -0.2) is 39.7 Å². The molecule has 0 radical (unpaired) electrons. The van der Waals surface area contributed by atoms with Crippen molar-refractivity contribution in [1.82, 2.24) is 14.7 Å². The van der Waals surface area contributed by atoms with Gasteiger partial charge in [0, 0.05) is 24.7 Å². The molecule has 25 heavy (non-hydrogen) atoms. The number of carbonyl (C=O) groups is 1. The predicted molar refractivity (Wildman–Crippen MR) is 100 cm³/mol. The van der Waals surface area contributed by atoms with Crippen LogP contribution in [0.15, 0.2) is 24.3 Å². The van der Waals surface area contributed by atoms with Gasteiger partial charge in [0.25, 0.3) is 5.91 Å². The Labute approximate surface area is 153 Å². The van der Waals surface area contributed by atoms with Crippen molar-refractivity contribution in [3.63, 3.8) is 0 Å². The molecule has 1 aliphatic rings. The van der Waals surface area contributed by atoms with Crippen LogP contribution in [0.3, 0.4) is 0 Å². The number of carbonyl (C=O) groups excluding carboxylic acids is 1. The second kappa shape index (κ2) is 6.46. The lowest BCUT2D eigenvalue weighted by molar-refractivity contribution is 0.0533. The van der Waals surface area contributed by atoms with Crippen molar-refractivity contribution in [3.05, 3.63) is 46.2 Å². The molecule has 1 atom stereocenters. The van der Waals surface area contributed by atoms with Crippen LogP contribution in [-0.2, 0) is 0 Å². The molecule has 0 bridgehead atoms. The molecule has 1 amide bonds. The third kappa shape index (κ3) is 3.31. The quantitative estimate of drug-likeness (QED) is 0.893. The second-order valence-electron chi connectivity index (χ2n) is 7.55. The first kappa shape index (κ1) is 18.0. The molecule has 0 saturated carbocycles. The Morgan fingerprint density at radius 2 is 1.92 bits per heavy atom. The number of amides is 1. The fourth-order valence-corrected chi connectivity index (χ4v) is 3.47. The summed E-state index contributed by atoms with van der Waals surface area (Å²) in [5.74, 6) is 0.0536. The van der Waals surface area contributed by atoms with E-state index in [1.165, 1.54) is 0 Å². The average Bonchev–Trinajstić information content (AvgIpc) is 2.84. The summed E-state index contributed by atoms with van der Waals surface area (Å²) in [6.45, 7) is 9.44. The number of hydrogen-bond acceptors (Lipinski definition) is 3. The largest absolute Gasteiger partial charge is 0.338 e. The Balaban J connectivity index is 1.80. The first-order valence-corrected chi connectivity index (χ1v) is 8.95. The van der Waals surface area contributed by atoms with Gasteiger partial charge in [-0.3, -0.25) is 4.79 Å². The molecule has 1 saturated heterocycles. The number of nitrogens with two attached hydrogens (primary N) is 1. The van der Waals surface area contributed by atoms with E-state index in [9.17, 15) is 4.79 Å². The Bertz CT molecular complexity index is 795. The molecule has 2 aromatic rings. The van der Waals surface area contributed by atoms with E-state index in [2.05, 4.69) is 18.9 Å². The maximum Gasteiger partial charge on any atom is 0.253 e. The van der Waals surface area contributed by atoms with E-state index in [1.54, 1.807) is 4.68 Å². The Kier molecular flexibility index (Phi) is 4.64. The summed E-state index contributed by atoms with van der Waals surface area (Å²) in [5.41, 5.74) is 9.37. The van der Waals surface area contributed by atoms with Crippen molar-refractivity contribution >= 4 is 17.5 Å². The van der Waals surface area contributed by atoms with E-state index in [-0.39, 0.29) is 17.4 Å². The van der Waals surface area contributed by atoms with E-state index in [4.69, 9.17) is 17.3 Å². The highest BCUT2D eigenvalue weighted by Gasteiger charge is 2.35. The summed E-state index contributed by atoms with van der Waals surface area (Å²) in [7, 11) is 0. The lowest BCUT2D eigenvalue weighted by atomic mass is 9.79. The summed E-state index contributed by atoms with van der Waals surface area (Å²) in [6, 6.07) is 7.65. The van der Waals surface area contributed by atoms with Gasteiger partial charge in [0.1, 0.15) is 0 Å². The zero-order valence-electron chi connectivity index (χ0n) is 15.2. The summed E-state index contributed by atoms with van der Waals surface area (Å²) < 4.78 is 1.80. The zero-order valence-corrected chi connectivity index (χ0v) is 16.0. The minimum atomic E-state index is -0.0612. The molecular formula is C19H25ClN4O. The third-order valence-corrected chi connectivity index (χ3v) is 5.71. The molecule has 1 aromatic heterocycles. The van der Waals surface area contributed by atoms with Crippen molar-refractivity contribution in [1.29, 1.82) is 0 Å². The van der Waals surface area contributed by atoms with Crippen LogP contribution in [0.4, 0.5) is 0 Å². The average molecular weight is 361 g/mol. The van der Waals surface area contributed by atoms with Gasteiger partial charge in [-0.05, 0) is 49.9 Å². The van der Waals surface area contributed by atoms with Gasteiger partial charge >= 0.3 is 0 Å². The maximum absolute atomic E-state index is 12.8. The molecule has 1 aliphatic heterocycles. The molecule has 5 nitrogen and oxygen atoms in total. The lowest BCUT2D eigenvalue weighted by Crippen LogP contribution is -2.53. The van der Waals surface area contributed by atoms with Crippen molar-refractivity contribution in [2.45, 2.75) is 40.2 Å². The lowest BCUT2D eigenvalue weighted by Gasteiger charge is -2.42. The molecular weight excluding hydrogens is 336 g/mol. The monoisotopic (exact) mass is 360 g/mol. The van der Waals surface area contributed by atoms with Gasteiger partial charge < -0.3 is 10.6 Å². The molecule has 0 aliphatic carbocycles. The topological polar surface area (TPSA) is 64.2 Å². The summed E-state index contributed by atoms with van der Waals surface area (Å²) in [4.78, 5) is 14.7. The van der Waals surface area contributed by atoms with Crippen LogP contribution in [0, 0.1) is 19.3 Å². The van der Waals surface area contributed by atoms with E-state index in [0.717, 1.165) is 23.5 Å². The summed E-state index contributed by atoms with van der Waals surface area (Å²) in [5, 5.41) is 5.12. The number of aryl methyl sites for hydroxylation is 1. The van der Waals surface area contributed by atoms with E-state index in [1.807, 2.05) is 43.0 Å². The van der Waals surface area contributed by atoms with Crippen molar-refractivity contribution in [2.24, 2.45) is 11.1 Å². The van der Waals surface area contributed by atoms with Crippen LogP contribution in [0.25, 0.3) is 5.69 Å². The number of piperidine rings is 1. The Morgan fingerprint density at radius 3 is 2.44 bits per heavy atom. The van der Waals surface area contributed by atoms with Gasteiger partial charge in [-0.1, -0.05) is 25.4 Å². The fourth-order valence-electron chi connectivity index (χ4n) is 3.35. The Hall–Kier alpha value is -1.85. The maximum atomic E-state index is 12.8. The smallest absolute Gasteiger partial charge is 0.253 e. The van der Waals surface area contributed by atoms with Crippen molar-refractivity contribution in [3.8, 4) is 5.69 Å². The number of rotatable bonds is 2. The van der Waals surface area contributed by atoms with Gasteiger partial charge in [0.15, 0.2) is 0 Å². The normalized spacial score (nSPS) is 19.9. The molecule has 2 N–H and O–H groups in total. The van der Waals surface area contributed by atoms with Gasteiger partial charge in [0.2, 0.25) is 0 Å². The van der Waals surface area contributed by atoms with Crippen LogP contribution in [0.5, 0.6) is 0 Å². The van der Waals surface area contributed by atoms with E-state index < -0.39 is 0 Å². The third-order valence-electron chi connectivity index (χ3n) is 5.16. The highest BCUT2D eigenvalue weighted by atomic mass is 35.5. The minimum absolute atomic E-state index is 0.0536. The molecule has 3 rings (SSSR count). The Morgan fingerprint density at radius 1 is 1.28 bits per heavy atom. The first-order chi connectivity index (χ1) is 11.7. The molecule has 134 valence electrons. The standard InChI is InChI=1S/C19H25ClN4O/c1-12-17(20)13(2)24(22-12)15-7-5-14(6-8-15)18(25)23-10-9-16(21)19(3,4)11-23/h5-8,16H,9-11,21H2,1-4H3. The highest BCUT2D eigenvalue weighted by Crippen LogP contribution is 2.29. The molecule has 1 aromatic carbocycles. The van der Waals surface area contributed by atoms with Crippen LogP contribution in [0.1, 0.15) is 42.0 Å². The summed E-state index contributed by atoms with van der Waals surface area (Å²) in [6.07, 6.45) is 0.834. The summed E-state index contributed by atoms with van der Waals surface area (Å²) >= 11 is 6.22. The van der Waals surface area contributed by atoms with Gasteiger partial charge in [0.05, 0.1) is 22.1 Å². The van der Waals surface area contributed by atoms with E-state index >= 15 is 0 Å². The van der Waals surface area contributed by atoms with E-state index in [0.29, 0.717) is 23.7 Å². The molecule has 2 heterocycles. The van der Waals surface area contributed by atoms with Crippen molar-refractivity contribution < 1.29 is 4.79 Å². The first-order valence-electron chi connectivity index (χ1n) is 8.58. The highest BCUT2D eigenvalue weighted by molar-refractivity contribution is 6.31. The van der Waals surface area contributed by atoms with Gasteiger partial charge in [-0.25, -0.2) is 4.68 Å². The van der Waals surface area contributed by atoms with Crippen LogP contribution < -0.4 is 5.73 Å². The van der Waals surface area contributed by atoms with Crippen LogP contribution in [0.2, 0.25) is 5.02 Å². The number of halogens is 1. The van der Waals surface area contributed by atoms with Crippen LogP contribution >= 0.6 is 11.6 Å². The number of hydrogen-bond donors (Lipinski definition) is 1. The number of aromatic nitrogens is 2. The number of nitrogens with zero attached hydrogens (tertiary/aromatic N) is 3. The SMILES string of the molecule is Cc1nn(-c2ccc(C(=O)N3CCC(N)C(C)(C)C3)cc2)c(C)c1Cl. The number of benzene rings is 1. The predicted octanol–water partition coefficient (Wildman–Crippen LogP) is 3.34. The number of likely N-dealkylation sites (tertiary alicyclic amines) is 1.